The number of amides is 2. The van der Waals surface area contributed by atoms with E-state index in [1.54, 1.807) is 22.0 Å². The van der Waals surface area contributed by atoms with Crippen molar-refractivity contribution < 1.29 is 37.3 Å². The van der Waals surface area contributed by atoms with Gasteiger partial charge >= 0.3 is 6.36 Å². The summed E-state index contributed by atoms with van der Waals surface area (Å²) in [5, 5.41) is 13.2. The number of carbonyl (C=O) groups is 2. The molecule has 1 aliphatic heterocycles. The zero-order valence-corrected chi connectivity index (χ0v) is 20.2. The molecule has 13 heteroatoms. The Labute approximate surface area is 215 Å². The first-order chi connectivity index (χ1) is 18.1. The van der Waals surface area contributed by atoms with Gasteiger partial charge in [-0.2, -0.15) is 5.10 Å². The molecule has 1 aliphatic rings. The van der Waals surface area contributed by atoms with Crippen LogP contribution in [0.2, 0.25) is 0 Å². The highest BCUT2D eigenvalue weighted by Crippen LogP contribution is 2.27. The summed E-state index contributed by atoms with van der Waals surface area (Å²) in [7, 11) is 0. The summed E-state index contributed by atoms with van der Waals surface area (Å²) >= 11 is 0. The van der Waals surface area contributed by atoms with Gasteiger partial charge in [0.15, 0.2) is 5.75 Å². The predicted octanol–water partition coefficient (Wildman–Crippen LogP) is 2.55. The van der Waals surface area contributed by atoms with Crippen molar-refractivity contribution in [2.24, 2.45) is 5.73 Å². The van der Waals surface area contributed by atoms with E-state index < -0.39 is 12.3 Å². The third-order valence-corrected chi connectivity index (χ3v) is 5.99. The van der Waals surface area contributed by atoms with E-state index in [1.807, 2.05) is 0 Å². The minimum atomic E-state index is -4.77. The summed E-state index contributed by atoms with van der Waals surface area (Å²) < 4.78 is 48.3. The van der Waals surface area contributed by atoms with Gasteiger partial charge in [-0.1, -0.05) is 12.1 Å². The number of nitrogens with two attached hydrogens (primary N) is 1. The molecule has 0 spiro atoms. The molecule has 2 amide bonds. The van der Waals surface area contributed by atoms with E-state index >= 15 is 0 Å². The third-order valence-electron chi connectivity index (χ3n) is 5.99. The Morgan fingerprint density at radius 1 is 1.13 bits per heavy atom. The number of benzene rings is 1. The van der Waals surface area contributed by atoms with E-state index in [0.717, 1.165) is 0 Å². The van der Waals surface area contributed by atoms with Crippen molar-refractivity contribution in [2.75, 3.05) is 19.7 Å². The molecule has 0 saturated carbocycles. The van der Waals surface area contributed by atoms with Crippen molar-refractivity contribution in [3.63, 3.8) is 0 Å². The van der Waals surface area contributed by atoms with Gasteiger partial charge in [0.1, 0.15) is 11.9 Å². The fraction of sp³-hybridized carbons (Fsp3) is 0.360. The van der Waals surface area contributed by atoms with E-state index in [1.165, 1.54) is 36.5 Å². The number of aliphatic hydroxyl groups excluding tert-OH is 1. The number of nitrogens with zero attached hydrogens (tertiary/aromatic N) is 4. The predicted molar refractivity (Wildman–Crippen MR) is 128 cm³/mol. The molecular formula is C25H26F3N5O5. The molecule has 1 fully saturated rings. The van der Waals surface area contributed by atoms with Crippen molar-refractivity contribution in [3.05, 3.63) is 60.0 Å². The Balaban J connectivity index is 1.33. The second kappa shape index (κ2) is 11.5. The maximum absolute atomic E-state index is 12.7. The number of halogens is 3. The molecule has 3 aromatic rings. The summed E-state index contributed by atoms with van der Waals surface area (Å²) in [5.74, 6) is -0.930. The summed E-state index contributed by atoms with van der Waals surface area (Å²) in [6.45, 7) is 1.10. The summed E-state index contributed by atoms with van der Waals surface area (Å²) in [6.07, 6.45) is 0.728. The van der Waals surface area contributed by atoms with Gasteiger partial charge in [-0.25, -0.2) is 0 Å². The molecule has 0 bridgehead atoms. The Bertz CT molecular complexity index is 1270. The lowest BCUT2D eigenvalue weighted by Crippen LogP contribution is -2.42. The highest BCUT2D eigenvalue weighted by molar-refractivity contribution is 5.96. The number of pyridine rings is 1. The lowest BCUT2D eigenvalue weighted by Gasteiger charge is -2.32. The van der Waals surface area contributed by atoms with Gasteiger partial charge in [-0.15, -0.1) is 13.2 Å². The van der Waals surface area contributed by atoms with Crippen molar-refractivity contribution in [1.82, 2.24) is 19.7 Å². The summed E-state index contributed by atoms with van der Waals surface area (Å²) in [6, 6.07) is 6.73. The largest absolute Gasteiger partial charge is 0.573 e. The van der Waals surface area contributed by atoms with Crippen molar-refractivity contribution in [2.45, 2.75) is 38.3 Å². The first kappa shape index (κ1) is 26.9. The van der Waals surface area contributed by atoms with Crippen LogP contribution in [-0.2, 0) is 17.8 Å². The molecule has 38 heavy (non-hydrogen) atoms. The van der Waals surface area contributed by atoms with Crippen LogP contribution in [0.4, 0.5) is 13.2 Å². The Hall–Kier alpha value is -4.13. The van der Waals surface area contributed by atoms with Gasteiger partial charge in [0.25, 0.3) is 5.91 Å². The molecule has 0 atom stereocenters. The Morgan fingerprint density at radius 3 is 2.47 bits per heavy atom. The molecule has 3 heterocycles. The van der Waals surface area contributed by atoms with Gasteiger partial charge in [0.05, 0.1) is 43.2 Å². The number of piperidine rings is 1. The normalized spacial score (nSPS) is 14.4. The summed E-state index contributed by atoms with van der Waals surface area (Å²) in [5.41, 5.74) is 7.45. The molecule has 4 rings (SSSR count). The fourth-order valence-electron chi connectivity index (χ4n) is 4.11. The minimum absolute atomic E-state index is 0.0456. The van der Waals surface area contributed by atoms with Crippen LogP contribution in [0.3, 0.4) is 0 Å². The van der Waals surface area contributed by atoms with Gasteiger partial charge < -0.3 is 25.2 Å². The topological polar surface area (TPSA) is 133 Å². The monoisotopic (exact) mass is 533 g/mol. The van der Waals surface area contributed by atoms with Gasteiger partial charge in [-0.05, 0) is 23.8 Å². The quantitative estimate of drug-likeness (QED) is 0.432. The van der Waals surface area contributed by atoms with E-state index in [4.69, 9.17) is 15.6 Å². The zero-order valence-electron chi connectivity index (χ0n) is 20.2. The van der Waals surface area contributed by atoms with Crippen LogP contribution in [0.1, 0.15) is 28.8 Å². The Kier molecular flexibility index (Phi) is 8.15. The zero-order chi connectivity index (χ0) is 27.3. The van der Waals surface area contributed by atoms with Crippen LogP contribution >= 0.6 is 0 Å². The molecule has 10 nitrogen and oxygen atoms in total. The van der Waals surface area contributed by atoms with E-state index in [-0.39, 0.29) is 42.1 Å². The van der Waals surface area contributed by atoms with Crippen LogP contribution < -0.4 is 15.2 Å². The molecular weight excluding hydrogens is 507 g/mol. The maximum atomic E-state index is 12.7. The van der Waals surface area contributed by atoms with Gasteiger partial charge in [-0.3, -0.25) is 19.3 Å². The highest BCUT2D eigenvalue weighted by atomic mass is 19.4. The standard InChI is InChI=1S/C25H26F3N5O5/c26-25(27,28)38-19-3-1-16(2-4-19)11-23(35)32-7-5-18(6-8-32)37-22-14-30-21(12-20(22)24(29)36)17-13-31-33(15-17)9-10-34/h1-4,12-15,18,34H,5-11H2,(H2,29,36). The second-order valence-electron chi connectivity index (χ2n) is 8.71. The summed E-state index contributed by atoms with van der Waals surface area (Å²) in [4.78, 5) is 30.8. The third kappa shape index (κ3) is 7.00. The number of aliphatic hydroxyl groups is 1. The van der Waals surface area contributed by atoms with Gasteiger partial charge in [0.2, 0.25) is 5.91 Å². The van der Waals surface area contributed by atoms with Crippen LogP contribution in [0.25, 0.3) is 11.3 Å². The smallest absolute Gasteiger partial charge is 0.488 e. The average Bonchev–Trinajstić information content (AvgIpc) is 3.34. The lowest BCUT2D eigenvalue weighted by atomic mass is 10.1. The number of alkyl halides is 3. The molecule has 0 radical (unpaired) electrons. The van der Waals surface area contributed by atoms with Crippen LogP contribution in [0.5, 0.6) is 11.5 Å². The number of primary amides is 1. The van der Waals surface area contributed by atoms with E-state index in [0.29, 0.717) is 49.3 Å². The second-order valence-corrected chi connectivity index (χ2v) is 8.71. The number of likely N-dealkylation sites (tertiary alicyclic amines) is 1. The van der Waals surface area contributed by atoms with Crippen LogP contribution in [-0.4, -0.2) is 68.7 Å². The first-order valence-electron chi connectivity index (χ1n) is 11.8. The minimum Gasteiger partial charge on any atom is -0.488 e. The van der Waals surface area contributed by atoms with Crippen molar-refractivity contribution in [1.29, 1.82) is 0 Å². The van der Waals surface area contributed by atoms with Crippen molar-refractivity contribution in [3.8, 4) is 22.8 Å². The molecule has 1 saturated heterocycles. The number of hydrogen-bond donors (Lipinski definition) is 2. The number of aromatic nitrogens is 3. The molecule has 202 valence electrons. The van der Waals surface area contributed by atoms with Crippen LogP contribution in [0.15, 0.2) is 48.9 Å². The maximum Gasteiger partial charge on any atom is 0.573 e. The highest BCUT2D eigenvalue weighted by Gasteiger charge is 2.31. The van der Waals surface area contributed by atoms with Crippen LogP contribution in [0, 0.1) is 0 Å². The number of ether oxygens (including phenoxy) is 2. The van der Waals surface area contributed by atoms with Crippen molar-refractivity contribution >= 4 is 11.8 Å². The van der Waals surface area contributed by atoms with E-state index in [2.05, 4.69) is 14.8 Å². The Morgan fingerprint density at radius 2 is 1.84 bits per heavy atom. The average molecular weight is 534 g/mol. The number of rotatable bonds is 9. The van der Waals surface area contributed by atoms with Gasteiger partial charge in [0, 0.05) is 37.7 Å². The molecule has 0 aliphatic carbocycles. The van der Waals surface area contributed by atoms with E-state index in [9.17, 15) is 22.8 Å². The number of hydrogen-bond acceptors (Lipinski definition) is 7. The fourth-order valence-corrected chi connectivity index (χ4v) is 4.11. The molecule has 3 N–H and O–H groups in total. The first-order valence-corrected chi connectivity index (χ1v) is 11.8. The molecule has 0 unspecified atom stereocenters. The number of carbonyl (C=O) groups excluding carboxylic acids is 2. The SMILES string of the molecule is NC(=O)c1cc(-c2cnn(CCO)c2)ncc1OC1CCN(C(=O)Cc2ccc(OC(F)(F)F)cc2)CC1. The molecule has 1 aromatic carbocycles. The lowest BCUT2D eigenvalue weighted by molar-refractivity contribution is -0.274. The molecule has 2 aromatic heterocycles.